The third-order valence-corrected chi connectivity index (χ3v) is 5.05. The molecule has 1 heterocycles. The average molecular weight is 451 g/mol. The Morgan fingerprint density at radius 3 is 2.31 bits per heavy atom. The minimum atomic E-state index is -0.627. The summed E-state index contributed by atoms with van der Waals surface area (Å²) in [4.78, 5) is 38.7. The van der Waals surface area contributed by atoms with Gasteiger partial charge in [-0.05, 0) is 73.2 Å². The topological polar surface area (TPSA) is 75.7 Å². The minimum absolute atomic E-state index is 0.0557. The van der Waals surface area contributed by atoms with E-state index in [2.05, 4.69) is 5.32 Å². The van der Waals surface area contributed by atoms with Crippen molar-refractivity contribution in [3.05, 3.63) is 100 Å². The zero-order valence-electron chi connectivity index (χ0n) is 16.8. The summed E-state index contributed by atoms with van der Waals surface area (Å²) < 4.78 is 18.2. The van der Waals surface area contributed by atoms with E-state index in [9.17, 15) is 18.8 Å². The first kappa shape index (κ1) is 21.3. The van der Waals surface area contributed by atoms with Crippen molar-refractivity contribution in [1.29, 1.82) is 0 Å². The van der Waals surface area contributed by atoms with Gasteiger partial charge >= 0.3 is 5.97 Å². The zero-order chi connectivity index (χ0) is 22.8. The molecule has 0 bridgehead atoms. The second kappa shape index (κ2) is 8.64. The fraction of sp³-hybridized carbons (Fsp3) is 0.0417. The van der Waals surface area contributed by atoms with Gasteiger partial charge in [-0.25, -0.2) is 14.1 Å². The van der Waals surface area contributed by atoms with Crippen LogP contribution in [0.4, 0.5) is 15.8 Å². The number of nitrogens with zero attached hydrogens (tertiary/aromatic N) is 1. The van der Waals surface area contributed by atoms with Crippen LogP contribution in [-0.4, -0.2) is 17.8 Å². The molecule has 0 spiro atoms. The number of halogens is 2. The highest BCUT2D eigenvalue weighted by Crippen LogP contribution is 2.30. The van der Waals surface area contributed by atoms with Crippen molar-refractivity contribution in [2.45, 2.75) is 6.92 Å². The van der Waals surface area contributed by atoms with Gasteiger partial charge in [0.2, 0.25) is 0 Å². The first-order valence-corrected chi connectivity index (χ1v) is 9.91. The van der Waals surface area contributed by atoms with Crippen LogP contribution in [0.1, 0.15) is 15.9 Å². The number of nitrogens with one attached hydrogen (secondary N) is 1. The Hall–Kier alpha value is -3.97. The summed E-state index contributed by atoms with van der Waals surface area (Å²) in [5, 5.41) is 2.62. The van der Waals surface area contributed by atoms with E-state index in [1.54, 1.807) is 30.3 Å². The Labute approximate surface area is 187 Å². The first-order valence-electron chi connectivity index (χ1n) is 9.53. The molecule has 0 saturated carbocycles. The van der Waals surface area contributed by atoms with Gasteiger partial charge in [0, 0.05) is 5.69 Å². The maximum Gasteiger partial charge on any atom is 0.343 e. The molecule has 4 rings (SSSR count). The second-order valence-corrected chi connectivity index (χ2v) is 7.40. The smallest absolute Gasteiger partial charge is 0.343 e. The Morgan fingerprint density at radius 2 is 1.66 bits per heavy atom. The Balaban J connectivity index is 1.48. The Bertz CT molecular complexity index is 1250. The lowest BCUT2D eigenvalue weighted by molar-refractivity contribution is -0.120. The van der Waals surface area contributed by atoms with Crippen LogP contribution in [0.2, 0.25) is 0 Å². The molecule has 0 unspecified atom stereocenters. The molecule has 1 aliphatic heterocycles. The maximum atomic E-state index is 13.0. The van der Waals surface area contributed by atoms with Gasteiger partial charge in [-0.15, -0.1) is 0 Å². The summed E-state index contributed by atoms with van der Waals surface area (Å²) in [5.74, 6) is -2.05. The number of carbonyl (C=O) groups excluding carboxylic acids is 3. The molecular formula is C24H16ClFN2O4. The fourth-order valence-electron chi connectivity index (χ4n) is 3.12. The lowest BCUT2D eigenvalue weighted by Crippen LogP contribution is -2.32. The molecule has 0 aromatic heterocycles. The van der Waals surface area contributed by atoms with Gasteiger partial charge in [-0.2, -0.15) is 0 Å². The van der Waals surface area contributed by atoms with Crippen molar-refractivity contribution < 1.29 is 23.5 Å². The summed E-state index contributed by atoms with van der Waals surface area (Å²) in [6.45, 7) is 1.85. The molecule has 32 heavy (non-hydrogen) atoms. The summed E-state index contributed by atoms with van der Waals surface area (Å²) in [6, 6.07) is 18.1. The van der Waals surface area contributed by atoms with Crippen LogP contribution in [-0.2, 0) is 9.59 Å². The molecule has 2 amide bonds. The predicted molar refractivity (Wildman–Crippen MR) is 118 cm³/mol. The van der Waals surface area contributed by atoms with Crippen LogP contribution < -0.4 is 15.0 Å². The number of esters is 1. The van der Waals surface area contributed by atoms with E-state index >= 15 is 0 Å². The molecule has 160 valence electrons. The van der Waals surface area contributed by atoms with Crippen LogP contribution >= 0.6 is 11.6 Å². The lowest BCUT2D eigenvalue weighted by atomic mass is 10.2. The number of benzene rings is 3. The van der Waals surface area contributed by atoms with E-state index in [4.69, 9.17) is 16.3 Å². The van der Waals surface area contributed by atoms with Gasteiger partial charge in [0.05, 0.1) is 11.3 Å². The van der Waals surface area contributed by atoms with E-state index in [1.165, 1.54) is 36.4 Å². The van der Waals surface area contributed by atoms with Gasteiger partial charge in [0.15, 0.2) is 0 Å². The average Bonchev–Trinajstić information content (AvgIpc) is 2.99. The van der Waals surface area contributed by atoms with E-state index < -0.39 is 23.6 Å². The monoisotopic (exact) mass is 450 g/mol. The normalized spacial score (nSPS) is 13.5. The Morgan fingerprint density at radius 1 is 0.969 bits per heavy atom. The molecule has 3 aromatic rings. The maximum absolute atomic E-state index is 13.0. The van der Waals surface area contributed by atoms with Gasteiger partial charge in [-0.1, -0.05) is 23.7 Å². The zero-order valence-corrected chi connectivity index (χ0v) is 17.5. The summed E-state index contributed by atoms with van der Waals surface area (Å²) in [7, 11) is 0. The number of amides is 2. The number of anilines is 2. The van der Waals surface area contributed by atoms with Crippen molar-refractivity contribution >= 4 is 40.8 Å². The quantitative estimate of drug-likeness (QED) is 0.343. The van der Waals surface area contributed by atoms with Gasteiger partial charge in [0.1, 0.15) is 22.3 Å². The van der Waals surface area contributed by atoms with Crippen LogP contribution in [0, 0.1) is 12.7 Å². The highest BCUT2D eigenvalue weighted by atomic mass is 35.5. The first-order chi connectivity index (χ1) is 15.3. The van der Waals surface area contributed by atoms with Gasteiger partial charge < -0.3 is 10.1 Å². The van der Waals surface area contributed by atoms with Crippen molar-refractivity contribution in [1.82, 2.24) is 0 Å². The molecule has 1 aliphatic rings. The molecule has 0 fully saturated rings. The lowest BCUT2D eigenvalue weighted by Gasteiger charge is -2.15. The molecule has 0 radical (unpaired) electrons. The molecule has 8 heteroatoms. The van der Waals surface area contributed by atoms with Crippen LogP contribution in [0.3, 0.4) is 0 Å². The van der Waals surface area contributed by atoms with E-state index in [-0.39, 0.29) is 22.0 Å². The number of imide groups is 1. The molecular weight excluding hydrogens is 435 g/mol. The molecule has 1 N–H and O–H groups in total. The molecule has 0 aliphatic carbocycles. The van der Waals surface area contributed by atoms with Crippen molar-refractivity contribution in [3.8, 4) is 5.75 Å². The number of rotatable bonds is 5. The molecule has 6 nitrogen and oxygen atoms in total. The highest BCUT2D eigenvalue weighted by molar-refractivity contribution is 6.53. The Kier molecular flexibility index (Phi) is 5.75. The largest absolute Gasteiger partial charge is 0.423 e. The highest BCUT2D eigenvalue weighted by Gasteiger charge is 2.38. The predicted octanol–water partition coefficient (Wildman–Crippen LogP) is 4.79. The molecule has 0 saturated heterocycles. The minimum Gasteiger partial charge on any atom is -0.423 e. The van der Waals surface area contributed by atoms with Crippen LogP contribution in [0.15, 0.2) is 83.5 Å². The third kappa shape index (κ3) is 4.24. The molecule has 3 aromatic carbocycles. The van der Waals surface area contributed by atoms with Crippen LogP contribution in [0.25, 0.3) is 0 Å². The second-order valence-electron chi connectivity index (χ2n) is 7.02. The number of ether oxygens (including phenoxy) is 1. The van der Waals surface area contributed by atoms with E-state index in [1.807, 2.05) is 13.0 Å². The van der Waals surface area contributed by atoms with E-state index in [0.717, 1.165) is 10.5 Å². The van der Waals surface area contributed by atoms with E-state index in [0.29, 0.717) is 11.4 Å². The number of hydrogen-bond donors (Lipinski definition) is 1. The third-order valence-electron chi connectivity index (χ3n) is 4.70. The SMILES string of the molecule is Cc1cccc(N2C(=O)C(Cl)=C(Nc3ccc(C(=O)Oc4ccc(F)cc4)cc3)C2=O)c1. The number of aryl methyl sites for hydroxylation is 1. The number of carbonyl (C=O) groups is 3. The van der Waals surface area contributed by atoms with Crippen LogP contribution in [0.5, 0.6) is 5.75 Å². The summed E-state index contributed by atoms with van der Waals surface area (Å²) >= 11 is 6.15. The van der Waals surface area contributed by atoms with Crippen molar-refractivity contribution in [2.24, 2.45) is 0 Å². The summed E-state index contributed by atoms with van der Waals surface area (Å²) in [5.41, 5.74) is 1.95. The van der Waals surface area contributed by atoms with Gasteiger partial charge in [-0.3, -0.25) is 9.59 Å². The molecule has 0 atom stereocenters. The van der Waals surface area contributed by atoms with Crippen molar-refractivity contribution in [2.75, 3.05) is 10.2 Å². The van der Waals surface area contributed by atoms with Gasteiger partial charge in [0.25, 0.3) is 11.8 Å². The number of hydrogen-bond acceptors (Lipinski definition) is 5. The fourth-order valence-corrected chi connectivity index (χ4v) is 3.33. The van der Waals surface area contributed by atoms with Crippen molar-refractivity contribution in [3.63, 3.8) is 0 Å². The summed E-state index contributed by atoms with van der Waals surface area (Å²) in [6.07, 6.45) is 0. The standard InChI is InChI=1S/C24H16ClFN2O4/c1-14-3-2-4-18(13-14)28-22(29)20(25)21(23(28)30)27-17-9-5-15(6-10-17)24(31)32-19-11-7-16(26)8-12-19/h2-13,27H,1H3.